The number of nitrogens with one attached hydrogen (secondary N) is 1. The summed E-state index contributed by atoms with van der Waals surface area (Å²) in [6, 6.07) is 0. The van der Waals surface area contributed by atoms with Crippen LogP contribution in [0.3, 0.4) is 0 Å². The molecule has 0 bridgehead atoms. The van der Waals surface area contributed by atoms with Crippen LogP contribution in [0, 0.1) is 0 Å². The standard InChI is InChI=1S/C7H12IN3/c8-10-3-1-2-5-11-6-4-9-7-11/h4,6-7,10H,1-3,5H2. The summed E-state index contributed by atoms with van der Waals surface area (Å²) in [5, 5.41) is 0. The van der Waals surface area contributed by atoms with Crippen molar-refractivity contribution in [3.8, 4) is 0 Å². The molecule has 1 aromatic heterocycles. The van der Waals surface area contributed by atoms with Crippen LogP contribution in [0.25, 0.3) is 0 Å². The summed E-state index contributed by atoms with van der Waals surface area (Å²) in [6.45, 7) is 2.17. The van der Waals surface area contributed by atoms with Crippen molar-refractivity contribution in [3.63, 3.8) is 0 Å². The highest BCUT2D eigenvalue weighted by molar-refractivity contribution is 14.1. The lowest BCUT2D eigenvalue weighted by Crippen LogP contribution is -2.02. The molecule has 1 aromatic rings. The van der Waals surface area contributed by atoms with E-state index in [1.54, 1.807) is 0 Å². The quantitative estimate of drug-likeness (QED) is 0.498. The first-order valence-electron chi connectivity index (χ1n) is 3.72. The number of nitrogens with zero attached hydrogens (tertiary/aromatic N) is 2. The Bertz CT molecular complexity index is 174. The Morgan fingerprint density at radius 2 is 2.36 bits per heavy atom. The van der Waals surface area contributed by atoms with Gasteiger partial charge in [0.05, 0.1) is 6.33 Å². The fraction of sp³-hybridized carbons (Fsp3) is 0.571. The fourth-order valence-electron chi connectivity index (χ4n) is 0.905. The van der Waals surface area contributed by atoms with Crippen molar-refractivity contribution in [2.45, 2.75) is 19.4 Å². The highest BCUT2D eigenvalue weighted by Gasteiger charge is 1.89. The molecule has 1 N–H and O–H groups in total. The third-order valence-corrected chi connectivity index (χ3v) is 2.04. The molecule has 1 heterocycles. The van der Waals surface area contributed by atoms with Crippen molar-refractivity contribution in [1.82, 2.24) is 13.1 Å². The molecule has 0 saturated heterocycles. The molecular weight excluding hydrogens is 253 g/mol. The maximum atomic E-state index is 3.97. The van der Waals surface area contributed by atoms with E-state index in [9.17, 15) is 0 Å². The Morgan fingerprint density at radius 3 is 3.00 bits per heavy atom. The van der Waals surface area contributed by atoms with Crippen molar-refractivity contribution in [2.75, 3.05) is 6.54 Å². The van der Waals surface area contributed by atoms with Gasteiger partial charge in [0.15, 0.2) is 0 Å². The van der Waals surface area contributed by atoms with Crippen LogP contribution in [0.4, 0.5) is 0 Å². The van der Waals surface area contributed by atoms with Crippen LogP contribution in [0.2, 0.25) is 0 Å². The van der Waals surface area contributed by atoms with Gasteiger partial charge in [0.25, 0.3) is 0 Å². The van der Waals surface area contributed by atoms with Crippen molar-refractivity contribution in [1.29, 1.82) is 0 Å². The molecule has 0 amide bonds. The van der Waals surface area contributed by atoms with Gasteiger partial charge in [-0.25, -0.2) is 4.98 Å². The van der Waals surface area contributed by atoms with E-state index >= 15 is 0 Å². The third kappa shape index (κ3) is 3.71. The minimum Gasteiger partial charge on any atom is -0.337 e. The first kappa shape index (κ1) is 8.99. The van der Waals surface area contributed by atoms with Gasteiger partial charge in [0.1, 0.15) is 0 Å². The normalized spacial score (nSPS) is 10.3. The highest BCUT2D eigenvalue weighted by Crippen LogP contribution is 1.94. The Morgan fingerprint density at radius 1 is 1.45 bits per heavy atom. The molecule has 4 heteroatoms. The van der Waals surface area contributed by atoms with Crippen molar-refractivity contribution in [2.24, 2.45) is 0 Å². The van der Waals surface area contributed by atoms with E-state index in [-0.39, 0.29) is 0 Å². The van der Waals surface area contributed by atoms with Crippen LogP contribution in [-0.4, -0.2) is 16.1 Å². The van der Waals surface area contributed by atoms with E-state index in [0.29, 0.717) is 0 Å². The summed E-state index contributed by atoms with van der Waals surface area (Å²) in [5.41, 5.74) is 0. The van der Waals surface area contributed by atoms with Crippen molar-refractivity contribution < 1.29 is 0 Å². The predicted octanol–water partition coefficient (Wildman–Crippen LogP) is 1.60. The van der Waals surface area contributed by atoms with E-state index in [1.165, 1.54) is 12.8 Å². The second-order valence-electron chi connectivity index (χ2n) is 2.39. The maximum Gasteiger partial charge on any atom is 0.0945 e. The second kappa shape index (κ2) is 5.54. The Balaban J connectivity index is 2.04. The van der Waals surface area contributed by atoms with E-state index in [2.05, 4.69) is 35.9 Å². The average molecular weight is 265 g/mol. The summed E-state index contributed by atoms with van der Waals surface area (Å²) in [6.07, 6.45) is 8.11. The molecule has 0 unspecified atom stereocenters. The lowest BCUT2D eigenvalue weighted by Gasteiger charge is -2.00. The lowest BCUT2D eigenvalue weighted by atomic mass is 10.3. The Kier molecular flexibility index (Phi) is 4.53. The topological polar surface area (TPSA) is 29.9 Å². The summed E-state index contributed by atoms with van der Waals surface area (Å²) in [7, 11) is 0. The molecule has 0 aromatic carbocycles. The summed E-state index contributed by atoms with van der Waals surface area (Å²) in [4.78, 5) is 3.97. The molecule has 11 heavy (non-hydrogen) atoms. The fourth-order valence-corrected chi connectivity index (χ4v) is 1.29. The highest BCUT2D eigenvalue weighted by atomic mass is 127. The van der Waals surface area contributed by atoms with E-state index in [4.69, 9.17) is 0 Å². The SMILES string of the molecule is INCCCCn1ccnc1. The van der Waals surface area contributed by atoms with Crippen LogP contribution >= 0.6 is 22.9 Å². The summed E-state index contributed by atoms with van der Waals surface area (Å²) < 4.78 is 5.20. The van der Waals surface area contributed by atoms with Gasteiger partial charge in [-0.15, -0.1) is 0 Å². The van der Waals surface area contributed by atoms with Crippen LogP contribution in [0.1, 0.15) is 12.8 Å². The number of rotatable bonds is 5. The zero-order valence-electron chi connectivity index (χ0n) is 6.33. The molecule has 1 rings (SSSR count). The van der Waals surface area contributed by atoms with Crippen molar-refractivity contribution >= 4 is 22.9 Å². The van der Waals surface area contributed by atoms with Gasteiger partial charge in [-0.1, -0.05) is 0 Å². The molecular formula is C7H12IN3. The molecule has 0 fully saturated rings. The van der Waals surface area contributed by atoms with Gasteiger partial charge < -0.3 is 4.57 Å². The van der Waals surface area contributed by atoms with Gasteiger partial charge in [-0.05, 0) is 12.8 Å². The molecule has 0 aliphatic carbocycles. The molecule has 0 aliphatic heterocycles. The number of halogens is 1. The van der Waals surface area contributed by atoms with E-state index < -0.39 is 0 Å². The van der Waals surface area contributed by atoms with Gasteiger partial charge in [-0.2, -0.15) is 0 Å². The van der Waals surface area contributed by atoms with Crippen LogP contribution < -0.4 is 3.53 Å². The van der Waals surface area contributed by atoms with E-state index in [0.717, 1.165) is 13.1 Å². The number of aryl methyl sites for hydroxylation is 1. The zero-order chi connectivity index (χ0) is 7.94. The van der Waals surface area contributed by atoms with Crippen LogP contribution in [-0.2, 0) is 6.54 Å². The van der Waals surface area contributed by atoms with Gasteiger partial charge in [-0.3, -0.25) is 3.53 Å². The minimum atomic E-state index is 1.08. The summed E-state index contributed by atoms with van der Waals surface area (Å²) in [5.74, 6) is 0. The van der Waals surface area contributed by atoms with Crippen molar-refractivity contribution in [3.05, 3.63) is 18.7 Å². The molecule has 0 aliphatic rings. The van der Waals surface area contributed by atoms with Gasteiger partial charge in [0.2, 0.25) is 0 Å². The van der Waals surface area contributed by atoms with E-state index in [1.807, 2.05) is 18.7 Å². The number of aromatic nitrogens is 2. The Labute approximate surface area is 80.7 Å². The lowest BCUT2D eigenvalue weighted by molar-refractivity contribution is 0.610. The minimum absolute atomic E-state index is 1.08. The number of hydrogen-bond acceptors (Lipinski definition) is 2. The van der Waals surface area contributed by atoms with Gasteiger partial charge >= 0.3 is 0 Å². The van der Waals surface area contributed by atoms with Gasteiger partial charge in [0, 0.05) is 48.3 Å². The number of unbranched alkanes of at least 4 members (excludes halogenated alkanes) is 1. The maximum absolute atomic E-state index is 3.97. The average Bonchev–Trinajstić information content (AvgIpc) is 2.50. The number of hydrogen-bond donors (Lipinski definition) is 1. The third-order valence-electron chi connectivity index (χ3n) is 1.50. The Hall–Kier alpha value is -0.100. The van der Waals surface area contributed by atoms with Crippen LogP contribution in [0.5, 0.6) is 0 Å². The largest absolute Gasteiger partial charge is 0.337 e. The molecule has 3 nitrogen and oxygen atoms in total. The molecule has 0 atom stereocenters. The smallest absolute Gasteiger partial charge is 0.0945 e. The van der Waals surface area contributed by atoms with Crippen LogP contribution in [0.15, 0.2) is 18.7 Å². The molecule has 0 spiro atoms. The molecule has 0 radical (unpaired) electrons. The summed E-state index contributed by atoms with van der Waals surface area (Å²) >= 11 is 2.17. The zero-order valence-corrected chi connectivity index (χ0v) is 8.49. The first-order chi connectivity index (χ1) is 5.43. The number of imidazole rings is 1. The molecule has 62 valence electrons. The first-order valence-corrected chi connectivity index (χ1v) is 4.80. The second-order valence-corrected chi connectivity index (χ2v) is 3.15. The monoisotopic (exact) mass is 265 g/mol. The molecule has 0 saturated carbocycles. The predicted molar refractivity (Wildman–Crippen MR) is 53.5 cm³/mol.